The third-order valence-electron chi connectivity index (χ3n) is 14.5. The van der Waals surface area contributed by atoms with Crippen LogP contribution in [0, 0.1) is 11.8 Å². The minimum atomic E-state index is -2.12. The molecule has 0 bridgehead atoms. The van der Waals surface area contributed by atoms with Gasteiger partial charge in [-0.15, -0.1) is 0 Å². The Kier molecular flexibility index (Phi) is 33.8. The van der Waals surface area contributed by atoms with E-state index in [1.807, 2.05) is 13.8 Å². The zero-order valence-electron chi connectivity index (χ0n) is 49.2. The third kappa shape index (κ3) is 20.9. The highest BCUT2D eigenvalue weighted by Gasteiger charge is 2.58. The zero-order valence-corrected chi connectivity index (χ0v) is 49.2. The monoisotopic (exact) mass is 1250 g/mol. The largest absolute Gasteiger partial charge is 0.394 e. The van der Waals surface area contributed by atoms with Gasteiger partial charge in [0.2, 0.25) is 0 Å². The molecule has 5 rings (SSSR count). The SMILES string of the molecule is CC(C)O[C@@H]1OC(COCCO)[C@@H](OCC2O[C@@H](O[C@H]3C(COCCO)O[C@@H](OC(C)C)C(OCCO)[C@H]3O)C(O)[C@@H](O)[C@H]2O[C@@H]2OC(CO)[C@H](O[C@@H]3OC(COCCO)[C@@H](C(C)C)[C@H](O)C3OCCO)[C@H](O)C2OCCO)[C@H](O)C1OCCO. The van der Waals surface area contributed by atoms with E-state index in [1.165, 1.54) is 0 Å². The molecule has 0 radical (unpaired) electrons. The highest BCUT2D eigenvalue weighted by Crippen LogP contribution is 2.39. The van der Waals surface area contributed by atoms with Crippen LogP contribution >= 0.6 is 0 Å². The van der Waals surface area contributed by atoms with Crippen molar-refractivity contribution >= 4 is 0 Å². The molecular weight excluding hydrogens is 1150 g/mol. The second-order valence-corrected chi connectivity index (χ2v) is 21.8. The quantitative estimate of drug-likeness (QED) is 0.0254. The normalized spacial score (nSPS) is 39.4. The zero-order chi connectivity index (χ0) is 62.3. The molecule has 32 nitrogen and oxygen atoms in total. The number of aliphatic hydroxyl groups is 14. The molecule has 85 heavy (non-hydrogen) atoms. The molecular formula is C53H98O32. The highest BCUT2D eigenvalue weighted by atomic mass is 16.8. The molecule has 5 saturated heterocycles. The lowest BCUT2D eigenvalue weighted by Crippen LogP contribution is -2.68. The van der Waals surface area contributed by atoms with Crippen molar-refractivity contribution in [3.8, 4) is 0 Å². The summed E-state index contributed by atoms with van der Waals surface area (Å²) in [5.41, 5.74) is 0. The fraction of sp³-hybridized carbons (Fsp3) is 1.00. The fourth-order valence-corrected chi connectivity index (χ4v) is 10.8. The maximum atomic E-state index is 12.3. The van der Waals surface area contributed by atoms with Gasteiger partial charge in [-0.05, 0) is 33.6 Å². The first-order valence-electron chi connectivity index (χ1n) is 29.2. The average Bonchev–Trinajstić information content (AvgIpc) is 1.77. The van der Waals surface area contributed by atoms with E-state index in [0.717, 1.165) is 0 Å². The minimum absolute atomic E-state index is 0.0629. The predicted molar refractivity (Wildman–Crippen MR) is 283 cm³/mol. The molecule has 10 unspecified atom stereocenters. The third-order valence-corrected chi connectivity index (χ3v) is 14.5. The van der Waals surface area contributed by atoms with Gasteiger partial charge in [-0.25, -0.2) is 0 Å². The van der Waals surface area contributed by atoms with Crippen molar-refractivity contribution in [3.63, 3.8) is 0 Å². The van der Waals surface area contributed by atoms with Crippen LogP contribution < -0.4 is 0 Å². The van der Waals surface area contributed by atoms with Gasteiger partial charge in [0.1, 0.15) is 104 Å². The molecule has 0 saturated carbocycles. The lowest BCUT2D eigenvalue weighted by molar-refractivity contribution is -0.395. The summed E-state index contributed by atoms with van der Waals surface area (Å²) < 4.78 is 109. The Labute approximate surface area is 494 Å². The molecule has 5 aliphatic rings. The van der Waals surface area contributed by atoms with Crippen LogP contribution in [0.4, 0.5) is 0 Å². The Hall–Kier alpha value is -1.28. The molecule has 0 spiro atoms. The standard InChI is InChI=1S/C53H98O32/c1-26(2)34-30(22-68-14-7-54)79-52(45(35(34)62)71-17-10-57)84-42-29(21-61)78-53(48(39(42)66)74-20-13-60)85-43-33(25-75-41-31(23-69-15-8-55)81-50(76-27(3)4)46(38(41)65)72-18-11-58)80-49(37(64)36(43)63)83-44-32(24-70-16-9-56)82-51(77-28(5)6)47(40(44)67)73-19-12-59/h26-67H,7-25H2,1-6H3/t29?,30?,31?,32?,33?,34-,35+,36-,37?,38+,39+,40+,41-,42+,43+,44+,45?,46?,47?,48?,49+,50-,51-,52+,53+/m1/s1. The molecule has 5 heterocycles. The molecule has 0 aromatic rings. The van der Waals surface area contributed by atoms with Crippen molar-refractivity contribution in [2.45, 2.75) is 201 Å². The van der Waals surface area contributed by atoms with Crippen molar-refractivity contribution in [3.05, 3.63) is 0 Å². The summed E-state index contributed by atoms with van der Waals surface area (Å²) in [6.07, 6.45) is -38.2. The number of hydrogen-bond acceptors (Lipinski definition) is 32. The van der Waals surface area contributed by atoms with E-state index in [2.05, 4.69) is 0 Å². The van der Waals surface area contributed by atoms with Gasteiger partial charge in [-0.1, -0.05) is 13.8 Å². The number of ether oxygens (including phenoxy) is 18. The number of hydrogen-bond donors (Lipinski definition) is 14. The van der Waals surface area contributed by atoms with Gasteiger partial charge in [0, 0.05) is 5.92 Å². The van der Waals surface area contributed by atoms with Crippen LogP contribution in [0.1, 0.15) is 41.5 Å². The van der Waals surface area contributed by atoms with Gasteiger partial charge in [-0.2, -0.15) is 0 Å². The Balaban J connectivity index is 1.54. The van der Waals surface area contributed by atoms with Crippen LogP contribution in [-0.4, -0.2) is 357 Å². The van der Waals surface area contributed by atoms with Crippen LogP contribution in [0.3, 0.4) is 0 Å². The molecule has 25 atom stereocenters. The predicted octanol–water partition coefficient (Wildman–Crippen LogP) is -7.03. The van der Waals surface area contributed by atoms with E-state index < -0.39 is 218 Å². The minimum Gasteiger partial charge on any atom is -0.394 e. The van der Waals surface area contributed by atoms with Gasteiger partial charge >= 0.3 is 0 Å². The van der Waals surface area contributed by atoms with Gasteiger partial charge in [0.15, 0.2) is 31.5 Å². The smallest absolute Gasteiger partial charge is 0.187 e. The molecule has 502 valence electrons. The maximum absolute atomic E-state index is 12.3. The van der Waals surface area contributed by atoms with Crippen molar-refractivity contribution in [2.24, 2.45) is 11.8 Å². The molecule has 0 amide bonds. The fourth-order valence-electron chi connectivity index (χ4n) is 10.8. The van der Waals surface area contributed by atoms with Crippen molar-refractivity contribution < 1.29 is 157 Å². The molecule has 32 heteroatoms. The van der Waals surface area contributed by atoms with Crippen molar-refractivity contribution in [1.82, 2.24) is 0 Å². The van der Waals surface area contributed by atoms with E-state index in [4.69, 9.17) is 85.3 Å². The lowest BCUT2D eigenvalue weighted by Gasteiger charge is -2.51. The van der Waals surface area contributed by atoms with Gasteiger partial charge in [-0.3, -0.25) is 0 Å². The second kappa shape index (κ2) is 38.5. The van der Waals surface area contributed by atoms with E-state index in [9.17, 15) is 71.5 Å². The van der Waals surface area contributed by atoms with Crippen molar-refractivity contribution in [1.29, 1.82) is 0 Å². The first-order chi connectivity index (χ1) is 40.8. The average molecular weight is 1250 g/mol. The van der Waals surface area contributed by atoms with E-state index in [-0.39, 0.29) is 78.6 Å². The molecule has 0 aromatic heterocycles. The summed E-state index contributed by atoms with van der Waals surface area (Å²) in [6, 6.07) is 0. The number of rotatable bonds is 39. The molecule has 0 aromatic carbocycles. The summed E-state index contributed by atoms with van der Waals surface area (Å²) in [5.74, 6) is -0.862. The van der Waals surface area contributed by atoms with E-state index in [0.29, 0.717) is 0 Å². The van der Waals surface area contributed by atoms with Crippen molar-refractivity contribution in [2.75, 3.05) is 126 Å². The Morgan fingerprint density at radius 1 is 0.306 bits per heavy atom. The van der Waals surface area contributed by atoms with Crippen LogP contribution in [-0.2, 0) is 85.3 Å². The Bertz CT molecular complexity index is 1740. The Morgan fingerprint density at radius 2 is 0.635 bits per heavy atom. The van der Waals surface area contributed by atoms with Gasteiger partial charge < -0.3 is 157 Å². The van der Waals surface area contributed by atoms with Gasteiger partial charge in [0.25, 0.3) is 0 Å². The van der Waals surface area contributed by atoms with E-state index in [1.54, 1.807) is 27.7 Å². The summed E-state index contributed by atoms with van der Waals surface area (Å²) in [7, 11) is 0. The summed E-state index contributed by atoms with van der Waals surface area (Å²) in [5, 5.41) is 151. The van der Waals surface area contributed by atoms with Crippen LogP contribution in [0.15, 0.2) is 0 Å². The molecule has 0 aliphatic carbocycles. The first-order valence-corrected chi connectivity index (χ1v) is 29.2. The summed E-state index contributed by atoms with van der Waals surface area (Å²) in [6.45, 7) is 3.29. The lowest BCUT2D eigenvalue weighted by atomic mass is 9.81. The van der Waals surface area contributed by atoms with Gasteiger partial charge in [0.05, 0.1) is 150 Å². The molecule has 5 fully saturated rings. The molecule has 5 aliphatic heterocycles. The van der Waals surface area contributed by atoms with E-state index >= 15 is 0 Å². The summed E-state index contributed by atoms with van der Waals surface area (Å²) >= 11 is 0. The van der Waals surface area contributed by atoms with Crippen LogP contribution in [0.5, 0.6) is 0 Å². The second-order valence-electron chi connectivity index (χ2n) is 21.8. The Morgan fingerprint density at radius 3 is 1.06 bits per heavy atom. The summed E-state index contributed by atoms with van der Waals surface area (Å²) in [4.78, 5) is 0. The topological polar surface area (TPSA) is 449 Å². The first kappa shape index (κ1) is 74.4. The maximum Gasteiger partial charge on any atom is 0.187 e. The van der Waals surface area contributed by atoms with Crippen LogP contribution in [0.25, 0.3) is 0 Å². The number of aliphatic hydroxyl groups excluding tert-OH is 14. The molecule has 14 N–H and O–H groups in total. The van der Waals surface area contributed by atoms with Crippen LogP contribution in [0.2, 0.25) is 0 Å². The highest BCUT2D eigenvalue weighted by molar-refractivity contribution is 5.00.